The molecule has 0 fully saturated rings. The number of aromatic nitrogens is 5. The smallest absolute Gasteiger partial charge is 0.274 e. The van der Waals surface area contributed by atoms with Crippen molar-refractivity contribution in [3.05, 3.63) is 23.0 Å². The maximum atomic E-state index is 12.3. The van der Waals surface area contributed by atoms with Gasteiger partial charge in [0.25, 0.3) is 5.91 Å². The minimum Gasteiger partial charge on any atom is -0.395 e. The lowest BCUT2D eigenvalue weighted by atomic mass is 10.2. The topological polar surface area (TPSA) is 106 Å². The van der Waals surface area contributed by atoms with Crippen molar-refractivity contribution in [2.24, 2.45) is 7.05 Å². The van der Waals surface area contributed by atoms with E-state index < -0.39 is 0 Å². The molecule has 102 valence electrons. The second kappa shape index (κ2) is 4.71. The number of carbonyl (C=O) groups excluding carboxylic acids is 1. The second-order valence-corrected chi connectivity index (χ2v) is 4.47. The van der Waals surface area contributed by atoms with Crippen molar-refractivity contribution < 1.29 is 4.79 Å². The van der Waals surface area contributed by atoms with Gasteiger partial charge in [0.15, 0.2) is 5.82 Å². The highest BCUT2D eigenvalue weighted by Gasteiger charge is 2.22. The van der Waals surface area contributed by atoms with Crippen LogP contribution in [0.25, 0.3) is 0 Å². The van der Waals surface area contributed by atoms with E-state index >= 15 is 0 Å². The van der Waals surface area contributed by atoms with Crippen LogP contribution in [-0.2, 0) is 13.6 Å². The van der Waals surface area contributed by atoms with Gasteiger partial charge >= 0.3 is 0 Å². The Labute approximate surface area is 110 Å². The van der Waals surface area contributed by atoms with E-state index in [1.165, 1.54) is 9.58 Å². The zero-order chi connectivity index (χ0) is 14.2. The second-order valence-electron chi connectivity index (χ2n) is 4.47. The molecule has 1 amide bonds. The quantitative estimate of drug-likeness (QED) is 0.811. The molecule has 2 rings (SSSR count). The van der Waals surface area contributed by atoms with Crippen molar-refractivity contribution in [1.29, 1.82) is 0 Å². The molecule has 19 heavy (non-hydrogen) atoms. The molecule has 2 heterocycles. The number of carbonyl (C=O) groups is 1. The van der Waals surface area contributed by atoms with Crippen LogP contribution in [0, 0.1) is 13.8 Å². The highest BCUT2D eigenvalue weighted by Crippen LogP contribution is 2.17. The van der Waals surface area contributed by atoms with E-state index in [0.717, 1.165) is 0 Å². The van der Waals surface area contributed by atoms with Crippen molar-refractivity contribution >= 4 is 11.6 Å². The summed E-state index contributed by atoms with van der Waals surface area (Å²) in [7, 11) is 3.37. The number of amides is 1. The molecule has 0 spiro atoms. The van der Waals surface area contributed by atoms with Gasteiger partial charge in [0.2, 0.25) is 0 Å². The molecule has 8 nitrogen and oxygen atoms in total. The Morgan fingerprint density at radius 2 is 2.16 bits per heavy atom. The first kappa shape index (κ1) is 13.1. The molecule has 8 heteroatoms. The molecule has 0 saturated carbocycles. The van der Waals surface area contributed by atoms with Gasteiger partial charge in [-0.1, -0.05) is 0 Å². The highest BCUT2D eigenvalue weighted by atomic mass is 16.2. The number of nitrogens with two attached hydrogens (primary N) is 1. The molecular weight excluding hydrogens is 246 g/mol. The van der Waals surface area contributed by atoms with Gasteiger partial charge < -0.3 is 10.6 Å². The summed E-state index contributed by atoms with van der Waals surface area (Å²) in [6, 6.07) is 0. The molecule has 0 aliphatic heterocycles. The first-order chi connectivity index (χ1) is 8.90. The normalized spacial score (nSPS) is 10.7. The molecule has 0 aliphatic carbocycles. The predicted octanol–water partition coefficient (Wildman–Crippen LogP) is 0.00944. The van der Waals surface area contributed by atoms with Gasteiger partial charge in [-0.2, -0.15) is 10.2 Å². The van der Waals surface area contributed by atoms with Gasteiger partial charge in [0.05, 0.1) is 17.9 Å². The number of nitrogen functional groups attached to an aromatic ring is 1. The van der Waals surface area contributed by atoms with Gasteiger partial charge in [0.1, 0.15) is 11.5 Å². The number of aryl methyl sites for hydroxylation is 3. The number of H-pyrrole nitrogens is 1. The Morgan fingerprint density at radius 3 is 2.63 bits per heavy atom. The Balaban J connectivity index is 2.19. The summed E-state index contributed by atoms with van der Waals surface area (Å²) >= 11 is 0. The molecule has 0 unspecified atom stereocenters. The van der Waals surface area contributed by atoms with Crippen molar-refractivity contribution in [1.82, 2.24) is 29.9 Å². The minimum atomic E-state index is -0.206. The van der Waals surface area contributed by atoms with Gasteiger partial charge in [-0.05, 0) is 13.8 Å². The van der Waals surface area contributed by atoms with E-state index in [2.05, 4.69) is 20.3 Å². The van der Waals surface area contributed by atoms with Gasteiger partial charge in [-0.15, -0.1) is 0 Å². The Hall–Kier alpha value is -2.38. The fourth-order valence-electron chi connectivity index (χ4n) is 1.85. The minimum absolute atomic E-state index is 0.206. The molecule has 0 saturated heterocycles. The number of nitrogens with zero attached hydrogens (tertiary/aromatic N) is 5. The number of nitrogens with one attached hydrogen (secondary N) is 1. The maximum absolute atomic E-state index is 12.3. The van der Waals surface area contributed by atoms with E-state index in [4.69, 9.17) is 5.73 Å². The number of hydrogen-bond acceptors (Lipinski definition) is 5. The van der Waals surface area contributed by atoms with Crippen molar-refractivity contribution in [2.75, 3.05) is 12.8 Å². The zero-order valence-electron chi connectivity index (χ0n) is 11.4. The zero-order valence-corrected chi connectivity index (χ0v) is 11.4. The predicted molar refractivity (Wildman–Crippen MR) is 69.3 cm³/mol. The van der Waals surface area contributed by atoms with Crippen molar-refractivity contribution in [3.63, 3.8) is 0 Å². The molecular formula is C11H17N7O. The van der Waals surface area contributed by atoms with Crippen LogP contribution in [0.2, 0.25) is 0 Å². The third-order valence-corrected chi connectivity index (χ3v) is 2.84. The summed E-state index contributed by atoms with van der Waals surface area (Å²) < 4.78 is 1.49. The summed E-state index contributed by atoms with van der Waals surface area (Å²) in [4.78, 5) is 18.0. The van der Waals surface area contributed by atoms with Crippen LogP contribution in [0.5, 0.6) is 0 Å². The Kier molecular flexibility index (Phi) is 3.24. The Morgan fingerprint density at radius 1 is 1.47 bits per heavy atom. The van der Waals surface area contributed by atoms with Gasteiger partial charge in [-0.3, -0.25) is 14.6 Å². The van der Waals surface area contributed by atoms with Crippen LogP contribution in [0.3, 0.4) is 0 Å². The standard InChI is InChI=1S/C11H17N7O/c1-6-9(12)10(18(4)16-6)11(19)17(3)5-8-13-7(2)14-15-8/h5,12H2,1-4H3,(H,13,14,15). The van der Waals surface area contributed by atoms with E-state index in [9.17, 15) is 4.79 Å². The van der Waals surface area contributed by atoms with E-state index in [1.807, 2.05) is 0 Å². The van der Waals surface area contributed by atoms with Crippen molar-refractivity contribution in [2.45, 2.75) is 20.4 Å². The lowest BCUT2D eigenvalue weighted by Gasteiger charge is -2.15. The third kappa shape index (κ3) is 2.42. The van der Waals surface area contributed by atoms with E-state index in [0.29, 0.717) is 35.3 Å². The molecule has 0 radical (unpaired) electrons. The molecule has 0 atom stereocenters. The summed E-state index contributed by atoms with van der Waals surface area (Å²) in [5.74, 6) is 1.07. The number of aromatic amines is 1. The molecule has 0 aromatic carbocycles. The van der Waals surface area contributed by atoms with Crippen LogP contribution >= 0.6 is 0 Å². The first-order valence-corrected chi connectivity index (χ1v) is 5.82. The van der Waals surface area contributed by atoms with Crippen LogP contribution in [-0.4, -0.2) is 42.8 Å². The fourth-order valence-corrected chi connectivity index (χ4v) is 1.85. The molecule has 2 aromatic rings. The molecule has 2 aromatic heterocycles. The van der Waals surface area contributed by atoms with Crippen LogP contribution in [0.4, 0.5) is 5.69 Å². The van der Waals surface area contributed by atoms with E-state index in [1.54, 1.807) is 27.9 Å². The summed E-state index contributed by atoms with van der Waals surface area (Å²) in [6.45, 7) is 3.89. The van der Waals surface area contributed by atoms with Crippen LogP contribution in [0.15, 0.2) is 0 Å². The lowest BCUT2D eigenvalue weighted by molar-refractivity contribution is 0.0772. The van der Waals surface area contributed by atoms with Gasteiger partial charge in [0, 0.05) is 14.1 Å². The number of rotatable bonds is 3. The average Bonchev–Trinajstić information content (AvgIpc) is 2.84. The third-order valence-electron chi connectivity index (χ3n) is 2.84. The van der Waals surface area contributed by atoms with Crippen LogP contribution < -0.4 is 5.73 Å². The average molecular weight is 263 g/mol. The highest BCUT2D eigenvalue weighted by molar-refractivity contribution is 5.97. The fraction of sp³-hybridized carbons (Fsp3) is 0.455. The first-order valence-electron chi connectivity index (χ1n) is 5.82. The van der Waals surface area contributed by atoms with E-state index in [-0.39, 0.29) is 5.91 Å². The van der Waals surface area contributed by atoms with Crippen molar-refractivity contribution in [3.8, 4) is 0 Å². The summed E-state index contributed by atoms with van der Waals surface area (Å²) in [6.07, 6.45) is 0. The molecule has 0 bridgehead atoms. The summed E-state index contributed by atoms with van der Waals surface area (Å²) in [5, 5.41) is 10.9. The lowest BCUT2D eigenvalue weighted by Crippen LogP contribution is -2.29. The largest absolute Gasteiger partial charge is 0.395 e. The monoisotopic (exact) mass is 263 g/mol. The summed E-state index contributed by atoms with van der Waals surface area (Å²) in [5.41, 5.74) is 7.31. The molecule has 3 N–H and O–H groups in total. The van der Waals surface area contributed by atoms with Crippen LogP contribution in [0.1, 0.15) is 27.8 Å². The number of hydrogen-bond donors (Lipinski definition) is 2. The SMILES string of the molecule is Cc1nc(CN(C)C(=O)c2c(N)c(C)nn2C)n[nH]1. The Bertz CT molecular complexity index is 613. The number of anilines is 1. The van der Waals surface area contributed by atoms with Gasteiger partial charge in [-0.25, -0.2) is 4.98 Å². The molecule has 0 aliphatic rings. The maximum Gasteiger partial charge on any atom is 0.274 e.